The van der Waals surface area contributed by atoms with Crippen LogP contribution in [0.15, 0.2) is 60.7 Å². The van der Waals surface area contributed by atoms with Crippen molar-refractivity contribution in [2.75, 3.05) is 0 Å². The zero-order valence-electron chi connectivity index (χ0n) is 11.6. The zero-order chi connectivity index (χ0) is 13.0. The van der Waals surface area contributed by atoms with Crippen LogP contribution in [0.1, 0.15) is 12.5 Å². The molecule has 0 saturated carbocycles. The van der Waals surface area contributed by atoms with E-state index in [4.69, 9.17) is 0 Å². The summed E-state index contributed by atoms with van der Waals surface area (Å²) in [4.78, 5) is 0. The van der Waals surface area contributed by atoms with Gasteiger partial charge in [0.15, 0.2) is 0 Å². The summed E-state index contributed by atoms with van der Waals surface area (Å²) in [5, 5.41) is 1.56. The van der Waals surface area contributed by atoms with Gasteiger partial charge < -0.3 is 0 Å². The van der Waals surface area contributed by atoms with E-state index >= 15 is 0 Å². The molecule has 0 radical (unpaired) electrons. The molecule has 1 atom stereocenters. The second-order valence-electron chi connectivity index (χ2n) is 5.68. The van der Waals surface area contributed by atoms with Crippen molar-refractivity contribution in [3.8, 4) is 0 Å². The van der Waals surface area contributed by atoms with Crippen LogP contribution in [0.5, 0.6) is 0 Å². The maximum Gasteiger partial charge on any atom is 0.0837 e. The molecule has 2 aromatic carbocycles. The molecule has 2 aromatic rings. The molecule has 1 unspecified atom stereocenters. The van der Waals surface area contributed by atoms with Gasteiger partial charge in [0.25, 0.3) is 0 Å². The molecule has 2 rings (SSSR count). The molecule has 0 aliphatic carbocycles. The molecule has 1 heteroatoms. The molecule has 18 heavy (non-hydrogen) atoms. The highest BCUT2D eigenvalue weighted by Gasteiger charge is 2.30. The van der Waals surface area contributed by atoms with Gasteiger partial charge >= 0.3 is 0 Å². The van der Waals surface area contributed by atoms with E-state index in [9.17, 15) is 0 Å². The van der Waals surface area contributed by atoms with E-state index in [0.29, 0.717) is 0 Å². The normalized spacial score (nSPS) is 13.3. The van der Waals surface area contributed by atoms with Gasteiger partial charge in [0.05, 0.1) is 8.07 Å². The van der Waals surface area contributed by atoms with Crippen LogP contribution in [0.3, 0.4) is 0 Å². The summed E-state index contributed by atoms with van der Waals surface area (Å²) < 4.78 is 0. The predicted octanol–water partition coefficient (Wildman–Crippen LogP) is 4.23. The third-order valence-electron chi connectivity index (χ3n) is 4.13. The van der Waals surface area contributed by atoms with Crippen molar-refractivity contribution in [1.82, 2.24) is 0 Å². The summed E-state index contributed by atoms with van der Waals surface area (Å²) in [6, 6.07) is 21.9. The molecule has 94 valence electrons. The van der Waals surface area contributed by atoms with Crippen LogP contribution >= 0.6 is 0 Å². The SMILES string of the molecule is CC(Cc1ccccc1)[Si](C)(C)c1ccccc1. The van der Waals surface area contributed by atoms with Crippen molar-refractivity contribution < 1.29 is 0 Å². The van der Waals surface area contributed by atoms with Crippen LogP contribution in [-0.2, 0) is 6.42 Å². The van der Waals surface area contributed by atoms with Gasteiger partial charge in [0, 0.05) is 0 Å². The summed E-state index contributed by atoms with van der Waals surface area (Å²) in [6.07, 6.45) is 1.19. The third kappa shape index (κ3) is 2.91. The molecule has 0 amide bonds. The topological polar surface area (TPSA) is 0 Å². The van der Waals surface area contributed by atoms with E-state index in [-0.39, 0.29) is 0 Å². The van der Waals surface area contributed by atoms with Crippen molar-refractivity contribution in [3.63, 3.8) is 0 Å². The Morgan fingerprint density at radius 3 is 1.89 bits per heavy atom. The van der Waals surface area contributed by atoms with Crippen LogP contribution in [0.25, 0.3) is 0 Å². The molecule has 0 heterocycles. The van der Waals surface area contributed by atoms with Crippen molar-refractivity contribution in [3.05, 3.63) is 66.2 Å². The van der Waals surface area contributed by atoms with E-state index < -0.39 is 8.07 Å². The number of hydrogen-bond donors (Lipinski definition) is 0. The van der Waals surface area contributed by atoms with E-state index in [1.165, 1.54) is 12.0 Å². The van der Waals surface area contributed by atoms with E-state index in [1.807, 2.05) is 0 Å². The molecule has 0 saturated heterocycles. The van der Waals surface area contributed by atoms with Gasteiger partial charge in [-0.05, 0) is 17.5 Å². The molecule has 0 N–H and O–H groups in total. The van der Waals surface area contributed by atoms with Crippen LogP contribution in [-0.4, -0.2) is 8.07 Å². The number of benzene rings is 2. The number of rotatable bonds is 4. The van der Waals surface area contributed by atoms with Crippen molar-refractivity contribution in [2.45, 2.75) is 32.0 Å². The van der Waals surface area contributed by atoms with Gasteiger partial charge in [-0.1, -0.05) is 85.9 Å². The van der Waals surface area contributed by atoms with Gasteiger partial charge in [-0.3, -0.25) is 0 Å². The van der Waals surface area contributed by atoms with Crippen molar-refractivity contribution >= 4 is 13.3 Å². The third-order valence-corrected chi connectivity index (χ3v) is 8.62. The first-order chi connectivity index (χ1) is 8.60. The van der Waals surface area contributed by atoms with Crippen molar-refractivity contribution in [2.24, 2.45) is 0 Å². The van der Waals surface area contributed by atoms with Crippen LogP contribution in [0.4, 0.5) is 0 Å². The molecule has 0 fully saturated rings. The fourth-order valence-electron chi connectivity index (χ4n) is 2.38. The molecule has 0 aliphatic rings. The summed E-state index contributed by atoms with van der Waals surface area (Å²) in [7, 11) is -1.37. The summed E-state index contributed by atoms with van der Waals surface area (Å²) in [6.45, 7) is 7.37. The fourth-order valence-corrected chi connectivity index (χ4v) is 4.74. The van der Waals surface area contributed by atoms with Crippen LogP contribution in [0, 0.1) is 0 Å². The average Bonchev–Trinajstić information content (AvgIpc) is 2.41. The minimum atomic E-state index is -1.37. The Bertz CT molecular complexity index is 473. The van der Waals surface area contributed by atoms with Gasteiger partial charge in [-0.25, -0.2) is 0 Å². The second-order valence-corrected chi connectivity index (χ2v) is 10.7. The maximum atomic E-state index is 2.48. The smallest absolute Gasteiger partial charge is 0.0652 e. The molecular weight excluding hydrogens is 232 g/mol. The highest BCUT2D eigenvalue weighted by molar-refractivity contribution is 6.90. The second kappa shape index (κ2) is 5.53. The van der Waals surface area contributed by atoms with Gasteiger partial charge in [0.1, 0.15) is 0 Å². The Balaban J connectivity index is 2.15. The first kappa shape index (κ1) is 13.1. The molecule has 0 aromatic heterocycles. The van der Waals surface area contributed by atoms with Crippen LogP contribution in [0.2, 0.25) is 18.6 Å². The zero-order valence-corrected chi connectivity index (χ0v) is 12.6. The van der Waals surface area contributed by atoms with E-state index in [2.05, 4.69) is 80.7 Å². The molecule has 0 bridgehead atoms. The Kier molecular flexibility index (Phi) is 4.03. The lowest BCUT2D eigenvalue weighted by Gasteiger charge is -2.30. The van der Waals surface area contributed by atoms with Crippen LogP contribution < -0.4 is 5.19 Å². The minimum absolute atomic E-state index is 0.752. The first-order valence-corrected chi connectivity index (χ1v) is 9.78. The monoisotopic (exact) mass is 254 g/mol. The minimum Gasteiger partial charge on any atom is -0.0652 e. The van der Waals surface area contributed by atoms with Gasteiger partial charge in [-0.2, -0.15) is 0 Å². The predicted molar refractivity (Wildman–Crippen MR) is 83.1 cm³/mol. The lowest BCUT2D eigenvalue weighted by atomic mass is 10.1. The highest BCUT2D eigenvalue weighted by Crippen LogP contribution is 2.25. The molecular formula is C17H22Si. The largest absolute Gasteiger partial charge is 0.0837 e. The number of hydrogen-bond acceptors (Lipinski definition) is 0. The first-order valence-electron chi connectivity index (χ1n) is 6.70. The summed E-state index contributed by atoms with van der Waals surface area (Å²) in [5.74, 6) is 0. The summed E-state index contributed by atoms with van der Waals surface area (Å²) in [5.41, 5.74) is 2.21. The molecule has 0 spiro atoms. The van der Waals surface area contributed by atoms with E-state index in [1.54, 1.807) is 5.19 Å². The summed E-state index contributed by atoms with van der Waals surface area (Å²) >= 11 is 0. The van der Waals surface area contributed by atoms with E-state index in [0.717, 1.165) is 5.54 Å². The average molecular weight is 254 g/mol. The lowest BCUT2D eigenvalue weighted by Crippen LogP contribution is -2.45. The Hall–Kier alpha value is -1.34. The van der Waals surface area contributed by atoms with Gasteiger partial charge in [0.2, 0.25) is 0 Å². The molecule has 0 nitrogen and oxygen atoms in total. The Morgan fingerprint density at radius 1 is 0.833 bits per heavy atom. The fraction of sp³-hybridized carbons (Fsp3) is 0.294. The lowest BCUT2D eigenvalue weighted by molar-refractivity contribution is 0.880. The highest BCUT2D eigenvalue weighted by atomic mass is 28.3. The molecule has 0 aliphatic heterocycles. The van der Waals surface area contributed by atoms with Crippen molar-refractivity contribution in [1.29, 1.82) is 0 Å². The Morgan fingerprint density at radius 2 is 1.33 bits per heavy atom. The standard InChI is InChI=1S/C17H22Si/c1-15(14-16-10-6-4-7-11-16)18(2,3)17-12-8-5-9-13-17/h4-13,15H,14H2,1-3H3. The van der Waals surface area contributed by atoms with Gasteiger partial charge in [-0.15, -0.1) is 0 Å². The maximum absolute atomic E-state index is 2.48. The Labute approximate surface area is 112 Å². The quantitative estimate of drug-likeness (QED) is 0.716.